The van der Waals surface area contributed by atoms with Gasteiger partial charge in [-0.15, -0.1) is 0 Å². The van der Waals surface area contributed by atoms with Crippen molar-refractivity contribution in [1.82, 2.24) is 9.80 Å². The molecule has 9 nitrogen and oxygen atoms in total. The predicted molar refractivity (Wildman–Crippen MR) is 130 cm³/mol. The number of carbonyl (C=O) groups is 2. The van der Waals surface area contributed by atoms with Crippen molar-refractivity contribution < 1.29 is 34.4 Å². The van der Waals surface area contributed by atoms with Crippen LogP contribution in [0.15, 0.2) is 30.3 Å². The zero-order valence-corrected chi connectivity index (χ0v) is 20.3. The topological polar surface area (TPSA) is 120 Å². The number of benzene rings is 2. The van der Waals surface area contributed by atoms with Crippen LogP contribution in [0.1, 0.15) is 34.0 Å². The van der Waals surface area contributed by atoms with Gasteiger partial charge in [0.25, 0.3) is 0 Å². The molecule has 1 amide bonds. The molecule has 2 aromatic carbocycles. The lowest BCUT2D eigenvalue weighted by atomic mass is 9.89. The summed E-state index contributed by atoms with van der Waals surface area (Å²) in [6, 6.07) is 7.61. The van der Waals surface area contributed by atoms with Gasteiger partial charge < -0.3 is 29.7 Å². The van der Waals surface area contributed by atoms with Crippen LogP contribution in [0.25, 0.3) is 0 Å². The molecule has 0 atom stereocenters. The minimum atomic E-state index is -0.454. The molecular weight excluding hydrogens is 452 g/mol. The highest BCUT2D eigenvalue weighted by Crippen LogP contribution is 2.35. The van der Waals surface area contributed by atoms with Gasteiger partial charge in [-0.3, -0.25) is 14.5 Å². The molecule has 0 aliphatic carbocycles. The Hall–Kier alpha value is -3.14. The molecule has 35 heavy (non-hydrogen) atoms. The number of carbonyl (C=O) groups excluding carboxylic acids is 2. The van der Waals surface area contributed by atoms with E-state index in [0.717, 1.165) is 19.2 Å². The smallest absolute Gasteiger partial charge is 0.227 e. The summed E-state index contributed by atoms with van der Waals surface area (Å²) in [5, 5.41) is 30.7. The maximum Gasteiger partial charge on any atom is 0.227 e. The first kappa shape index (κ1) is 26.5. The summed E-state index contributed by atoms with van der Waals surface area (Å²) in [6.45, 7) is 5.66. The van der Waals surface area contributed by atoms with Crippen LogP contribution in [0.4, 0.5) is 0 Å². The molecule has 0 saturated carbocycles. The molecule has 1 aliphatic rings. The van der Waals surface area contributed by atoms with E-state index in [1.54, 1.807) is 29.2 Å². The SMILES string of the molecule is CCc1c(O)cc(O)c(C(=O)c2ccc(OC)cc2)c1CC(=O)N(CCO)CCN1CCOCC1. The molecule has 2 aromatic rings. The molecule has 0 aromatic heterocycles. The molecular formula is C26H34N2O7. The Bertz CT molecular complexity index is 1020. The van der Waals surface area contributed by atoms with Gasteiger partial charge in [-0.2, -0.15) is 0 Å². The number of rotatable bonds is 11. The largest absolute Gasteiger partial charge is 0.508 e. The van der Waals surface area contributed by atoms with Crippen molar-refractivity contribution in [2.75, 3.05) is 59.7 Å². The molecule has 3 N–H and O–H groups in total. The van der Waals surface area contributed by atoms with Crippen LogP contribution in [0, 0.1) is 0 Å². The average molecular weight is 487 g/mol. The normalized spacial score (nSPS) is 14.0. The highest BCUT2D eigenvalue weighted by atomic mass is 16.5. The summed E-state index contributed by atoms with van der Waals surface area (Å²) in [7, 11) is 1.52. The van der Waals surface area contributed by atoms with E-state index in [2.05, 4.69) is 4.90 Å². The Morgan fingerprint density at radius 1 is 1.06 bits per heavy atom. The fourth-order valence-electron chi connectivity index (χ4n) is 4.31. The number of aromatic hydroxyl groups is 2. The van der Waals surface area contributed by atoms with E-state index in [9.17, 15) is 24.9 Å². The second-order valence-corrected chi connectivity index (χ2v) is 8.39. The predicted octanol–water partition coefficient (Wildman–Crippen LogP) is 1.60. The number of ketones is 1. The maximum absolute atomic E-state index is 13.4. The van der Waals surface area contributed by atoms with Crippen molar-refractivity contribution in [2.45, 2.75) is 19.8 Å². The second-order valence-electron chi connectivity index (χ2n) is 8.39. The first-order chi connectivity index (χ1) is 16.9. The number of methoxy groups -OCH3 is 1. The summed E-state index contributed by atoms with van der Waals surface area (Å²) < 4.78 is 10.5. The zero-order valence-electron chi connectivity index (χ0n) is 20.3. The van der Waals surface area contributed by atoms with Crippen LogP contribution in [-0.4, -0.2) is 96.5 Å². The van der Waals surface area contributed by atoms with E-state index in [4.69, 9.17) is 9.47 Å². The molecule has 3 rings (SSSR count). The molecule has 0 unspecified atom stereocenters. The molecule has 0 radical (unpaired) electrons. The summed E-state index contributed by atoms with van der Waals surface area (Å²) >= 11 is 0. The third kappa shape index (κ3) is 6.50. The van der Waals surface area contributed by atoms with Gasteiger partial charge in [0.2, 0.25) is 5.91 Å². The fraction of sp³-hybridized carbons (Fsp3) is 0.462. The Morgan fingerprint density at radius 3 is 2.34 bits per heavy atom. The summed E-state index contributed by atoms with van der Waals surface area (Å²) in [6.07, 6.45) is 0.177. The van der Waals surface area contributed by atoms with Crippen LogP contribution in [-0.2, 0) is 22.4 Å². The molecule has 1 heterocycles. The van der Waals surface area contributed by atoms with Crippen LogP contribution >= 0.6 is 0 Å². The Labute approximate surface area is 205 Å². The van der Waals surface area contributed by atoms with Gasteiger partial charge >= 0.3 is 0 Å². The highest BCUT2D eigenvalue weighted by Gasteiger charge is 2.26. The lowest BCUT2D eigenvalue weighted by molar-refractivity contribution is -0.131. The van der Waals surface area contributed by atoms with E-state index in [0.29, 0.717) is 55.2 Å². The van der Waals surface area contributed by atoms with Crippen molar-refractivity contribution in [3.8, 4) is 17.2 Å². The highest BCUT2D eigenvalue weighted by molar-refractivity contribution is 6.12. The van der Waals surface area contributed by atoms with E-state index < -0.39 is 5.78 Å². The number of hydrogen-bond acceptors (Lipinski definition) is 8. The van der Waals surface area contributed by atoms with Crippen LogP contribution in [0.2, 0.25) is 0 Å². The molecule has 0 bridgehead atoms. The molecule has 1 saturated heterocycles. The maximum atomic E-state index is 13.4. The third-order valence-corrected chi connectivity index (χ3v) is 6.28. The Morgan fingerprint density at radius 2 is 1.74 bits per heavy atom. The van der Waals surface area contributed by atoms with Gasteiger partial charge in [0.15, 0.2) is 5.78 Å². The van der Waals surface area contributed by atoms with Crippen LogP contribution in [0.3, 0.4) is 0 Å². The zero-order chi connectivity index (χ0) is 25.4. The number of phenols is 2. The summed E-state index contributed by atoms with van der Waals surface area (Å²) in [5.41, 5.74) is 1.05. The lowest BCUT2D eigenvalue weighted by Crippen LogP contribution is -2.44. The molecule has 1 aliphatic heterocycles. The van der Waals surface area contributed by atoms with E-state index in [1.165, 1.54) is 7.11 Å². The van der Waals surface area contributed by atoms with Gasteiger partial charge in [0.05, 0.1) is 38.9 Å². The van der Waals surface area contributed by atoms with E-state index in [-0.39, 0.29) is 42.5 Å². The second kappa shape index (κ2) is 12.5. The quantitative estimate of drug-likeness (QED) is 0.410. The molecule has 190 valence electrons. The standard InChI is InChI=1S/C26H34N2O7/c1-3-20-21(16-24(32)28(10-13-29)9-8-27-11-14-35-15-12-27)25(23(31)17-22(20)30)26(33)18-4-6-19(34-2)7-5-18/h4-7,17,29-31H,3,8-16H2,1-2H3. The van der Waals surface area contributed by atoms with Gasteiger partial charge in [-0.25, -0.2) is 0 Å². The molecule has 0 spiro atoms. The number of aliphatic hydroxyl groups is 1. The lowest BCUT2D eigenvalue weighted by Gasteiger charge is -2.30. The number of morpholine rings is 1. The third-order valence-electron chi connectivity index (χ3n) is 6.28. The van der Waals surface area contributed by atoms with Crippen LogP contribution < -0.4 is 4.74 Å². The number of ether oxygens (including phenoxy) is 2. The number of phenolic OH excluding ortho intramolecular Hbond substituents is 2. The van der Waals surface area contributed by atoms with E-state index >= 15 is 0 Å². The van der Waals surface area contributed by atoms with Crippen molar-refractivity contribution in [2.24, 2.45) is 0 Å². The van der Waals surface area contributed by atoms with Crippen molar-refractivity contribution in [1.29, 1.82) is 0 Å². The number of aliphatic hydroxyl groups excluding tert-OH is 1. The van der Waals surface area contributed by atoms with Gasteiger partial charge in [0.1, 0.15) is 17.2 Å². The Balaban J connectivity index is 1.90. The minimum absolute atomic E-state index is 0.00436. The van der Waals surface area contributed by atoms with E-state index in [1.807, 2.05) is 6.92 Å². The Kier molecular flexibility index (Phi) is 9.47. The first-order valence-corrected chi connectivity index (χ1v) is 11.8. The number of amides is 1. The molecule has 9 heteroatoms. The van der Waals surface area contributed by atoms with Gasteiger partial charge in [-0.05, 0) is 41.8 Å². The summed E-state index contributed by atoms with van der Waals surface area (Å²) in [5.74, 6) is -0.715. The average Bonchev–Trinajstić information content (AvgIpc) is 2.87. The van der Waals surface area contributed by atoms with Gasteiger partial charge in [0, 0.05) is 44.4 Å². The number of hydrogen-bond donors (Lipinski definition) is 3. The first-order valence-electron chi connectivity index (χ1n) is 11.8. The fourth-order valence-corrected chi connectivity index (χ4v) is 4.31. The monoisotopic (exact) mass is 486 g/mol. The van der Waals surface area contributed by atoms with Gasteiger partial charge in [-0.1, -0.05) is 6.92 Å². The molecule has 1 fully saturated rings. The van der Waals surface area contributed by atoms with Crippen molar-refractivity contribution in [3.05, 3.63) is 52.6 Å². The van der Waals surface area contributed by atoms with Crippen molar-refractivity contribution in [3.63, 3.8) is 0 Å². The van der Waals surface area contributed by atoms with Crippen LogP contribution in [0.5, 0.6) is 17.2 Å². The minimum Gasteiger partial charge on any atom is -0.508 e. The summed E-state index contributed by atoms with van der Waals surface area (Å²) in [4.78, 5) is 30.5. The number of nitrogens with zero attached hydrogens (tertiary/aromatic N) is 2. The van der Waals surface area contributed by atoms with Crippen molar-refractivity contribution >= 4 is 11.7 Å².